The Hall–Kier alpha value is -3.40. The summed E-state index contributed by atoms with van der Waals surface area (Å²) in [5.74, 6) is 2.55. The maximum Gasteiger partial charge on any atom is 0.225 e. The van der Waals surface area contributed by atoms with Crippen molar-refractivity contribution < 1.29 is 4.74 Å². The van der Waals surface area contributed by atoms with Crippen molar-refractivity contribution in [2.75, 3.05) is 18.0 Å². The van der Waals surface area contributed by atoms with Crippen molar-refractivity contribution in [1.29, 1.82) is 0 Å². The lowest BCUT2D eigenvalue weighted by Gasteiger charge is -2.36. The first kappa shape index (κ1) is 21.4. The lowest BCUT2D eigenvalue weighted by molar-refractivity contribution is 0.301. The van der Waals surface area contributed by atoms with Crippen molar-refractivity contribution in [3.63, 3.8) is 0 Å². The highest BCUT2D eigenvalue weighted by Crippen LogP contribution is 2.35. The average molecular weight is 463 g/mol. The standard InChI is InChI=1S/C23H26N8OS/c1-3-17-10-24-23(25-11-17)30-9-8-21(16(2)12-30)22-27-18(14-33-22)13-32-20-6-4-19(5-7-20)31-15-26-28-29-31/h4-7,10-11,14-16,21H,3,8-9,12-13H2,1-2H3. The number of hydrogen-bond donors (Lipinski definition) is 0. The van der Waals surface area contributed by atoms with Gasteiger partial charge in [-0.15, -0.1) is 16.4 Å². The predicted octanol–water partition coefficient (Wildman–Crippen LogP) is 3.68. The molecule has 0 amide bonds. The highest BCUT2D eigenvalue weighted by molar-refractivity contribution is 7.09. The fourth-order valence-electron chi connectivity index (χ4n) is 4.08. The minimum Gasteiger partial charge on any atom is -0.487 e. The summed E-state index contributed by atoms with van der Waals surface area (Å²) in [5.41, 5.74) is 3.02. The van der Waals surface area contributed by atoms with Crippen molar-refractivity contribution >= 4 is 17.3 Å². The smallest absolute Gasteiger partial charge is 0.225 e. The molecule has 3 aromatic heterocycles. The van der Waals surface area contributed by atoms with Gasteiger partial charge in [0, 0.05) is 36.8 Å². The molecule has 10 heteroatoms. The zero-order valence-corrected chi connectivity index (χ0v) is 19.5. The number of thiazole rings is 1. The molecule has 2 atom stereocenters. The predicted molar refractivity (Wildman–Crippen MR) is 126 cm³/mol. The molecule has 2 unspecified atom stereocenters. The molecule has 0 aliphatic carbocycles. The van der Waals surface area contributed by atoms with Gasteiger partial charge in [-0.25, -0.2) is 19.6 Å². The second-order valence-corrected chi connectivity index (χ2v) is 9.17. The summed E-state index contributed by atoms with van der Waals surface area (Å²) < 4.78 is 7.55. The molecular formula is C23H26N8OS. The van der Waals surface area contributed by atoms with E-state index >= 15 is 0 Å². The van der Waals surface area contributed by atoms with Crippen LogP contribution in [0.25, 0.3) is 5.69 Å². The second kappa shape index (κ2) is 9.62. The van der Waals surface area contributed by atoms with Crippen LogP contribution in [0.1, 0.15) is 42.5 Å². The lowest BCUT2D eigenvalue weighted by Crippen LogP contribution is -2.39. The van der Waals surface area contributed by atoms with Gasteiger partial charge in [0.15, 0.2) is 0 Å². The Morgan fingerprint density at radius 1 is 1.15 bits per heavy atom. The van der Waals surface area contributed by atoms with Crippen LogP contribution in [0, 0.1) is 5.92 Å². The number of hydrogen-bond acceptors (Lipinski definition) is 9. The van der Waals surface area contributed by atoms with Crippen LogP contribution in [0.2, 0.25) is 0 Å². The Kier molecular flexibility index (Phi) is 6.25. The van der Waals surface area contributed by atoms with Crippen molar-refractivity contribution in [1.82, 2.24) is 35.2 Å². The number of ether oxygens (including phenoxy) is 1. The van der Waals surface area contributed by atoms with E-state index in [-0.39, 0.29) is 0 Å². The molecule has 0 radical (unpaired) electrons. The average Bonchev–Trinajstić information content (AvgIpc) is 3.56. The van der Waals surface area contributed by atoms with Gasteiger partial charge in [-0.2, -0.15) is 0 Å². The molecule has 1 saturated heterocycles. The van der Waals surface area contributed by atoms with Gasteiger partial charge >= 0.3 is 0 Å². The van der Waals surface area contributed by atoms with Gasteiger partial charge in [0.1, 0.15) is 18.7 Å². The summed E-state index contributed by atoms with van der Waals surface area (Å²) >= 11 is 1.73. The van der Waals surface area contributed by atoms with Crippen LogP contribution in [0.15, 0.2) is 48.4 Å². The van der Waals surface area contributed by atoms with Crippen LogP contribution in [0.4, 0.5) is 5.95 Å². The molecular weight excluding hydrogens is 436 g/mol. The molecule has 5 rings (SSSR count). The zero-order valence-electron chi connectivity index (χ0n) is 18.7. The number of nitrogens with zero attached hydrogens (tertiary/aromatic N) is 8. The van der Waals surface area contributed by atoms with E-state index in [1.165, 1.54) is 10.6 Å². The largest absolute Gasteiger partial charge is 0.487 e. The number of piperidine rings is 1. The third-order valence-corrected chi connectivity index (χ3v) is 7.04. The van der Waals surface area contributed by atoms with Crippen LogP contribution in [0.3, 0.4) is 0 Å². The molecule has 0 saturated carbocycles. The van der Waals surface area contributed by atoms with Gasteiger partial charge in [0.25, 0.3) is 0 Å². The maximum absolute atomic E-state index is 5.94. The van der Waals surface area contributed by atoms with Gasteiger partial charge in [-0.3, -0.25) is 0 Å². The number of aromatic nitrogens is 7. The van der Waals surface area contributed by atoms with E-state index in [0.29, 0.717) is 18.4 Å². The Morgan fingerprint density at radius 3 is 2.67 bits per heavy atom. The molecule has 4 heterocycles. The first-order valence-corrected chi connectivity index (χ1v) is 12.0. The van der Waals surface area contributed by atoms with Crippen LogP contribution < -0.4 is 9.64 Å². The minimum absolute atomic E-state index is 0.450. The van der Waals surface area contributed by atoms with Gasteiger partial charge in [-0.1, -0.05) is 13.8 Å². The monoisotopic (exact) mass is 462 g/mol. The molecule has 1 aliphatic heterocycles. The summed E-state index contributed by atoms with van der Waals surface area (Å²) in [6, 6.07) is 7.68. The molecule has 0 N–H and O–H groups in total. The number of benzene rings is 1. The highest BCUT2D eigenvalue weighted by atomic mass is 32.1. The van der Waals surface area contributed by atoms with Crippen molar-refractivity contribution in [3.8, 4) is 11.4 Å². The van der Waals surface area contributed by atoms with Gasteiger partial charge < -0.3 is 9.64 Å². The van der Waals surface area contributed by atoms with E-state index in [4.69, 9.17) is 9.72 Å². The van der Waals surface area contributed by atoms with Crippen molar-refractivity contribution in [2.45, 2.75) is 39.2 Å². The fraction of sp³-hybridized carbons (Fsp3) is 0.391. The summed E-state index contributed by atoms with van der Waals surface area (Å²) in [6.07, 6.45) is 7.44. The third-order valence-electron chi connectivity index (χ3n) is 6.01. The number of anilines is 1. The summed E-state index contributed by atoms with van der Waals surface area (Å²) in [6.45, 7) is 6.74. The van der Waals surface area contributed by atoms with Gasteiger partial charge in [-0.05, 0) is 59.0 Å². The first-order chi connectivity index (χ1) is 16.2. The van der Waals surface area contributed by atoms with Crippen LogP contribution in [-0.4, -0.2) is 48.2 Å². The van der Waals surface area contributed by atoms with Gasteiger partial charge in [0.2, 0.25) is 5.95 Å². The number of tetrazole rings is 1. The molecule has 1 aromatic carbocycles. The molecule has 4 aromatic rings. The molecule has 9 nitrogen and oxygen atoms in total. The summed E-state index contributed by atoms with van der Waals surface area (Å²) in [7, 11) is 0. The normalized spacial score (nSPS) is 18.4. The van der Waals surface area contributed by atoms with Crippen LogP contribution in [0.5, 0.6) is 5.75 Å². The van der Waals surface area contributed by atoms with E-state index in [1.807, 2.05) is 36.7 Å². The first-order valence-electron chi connectivity index (χ1n) is 11.2. The fourth-order valence-corrected chi connectivity index (χ4v) is 5.15. The Bertz CT molecular complexity index is 1160. The number of aryl methyl sites for hydroxylation is 1. The highest BCUT2D eigenvalue weighted by Gasteiger charge is 2.30. The van der Waals surface area contributed by atoms with E-state index in [1.54, 1.807) is 22.3 Å². The lowest BCUT2D eigenvalue weighted by atomic mass is 9.87. The zero-order chi connectivity index (χ0) is 22.6. The van der Waals surface area contributed by atoms with E-state index in [2.05, 4.69) is 49.6 Å². The number of rotatable bonds is 7. The topological polar surface area (TPSA) is 94.7 Å². The van der Waals surface area contributed by atoms with Crippen molar-refractivity contribution in [3.05, 3.63) is 64.6 Å². The molecule has 1 aliphatic rings. The summed E-state index contributed by atoms with van der Waals surface area (Å²) in [4.78, 5) is 16.3. The summed E-state index contributed by atoms with van der Waals surface area (Å²) in [5, 5.41) is 14.5. The third kappa shape index (κ3) is 4.85. The van der Waals surface area contributed by atoms with E-state index < -0.39 is 0 Å². The second-order valence-electron chi connectivity index (χ2n) is 8.28. The van der Waals surface area contributed by atoms with E-state index in [9.17, 15) is 0 Å². The maximum atomic E-state index is 5.94. The van der Waals surface area contributed by atoms with Crippen molar-refractivity contribution in [2.24, 2.45) is 5.92 Å². The Balaban J connectivity index is 1.16. The Labute approximate surface area is 196 Å². The molecule has 0 bridgehead atoms. The molecule has 33 heavy (non-hydrogen) atoms. The molecule has 170 valence electrons. The van der Waals surface area contributed by atoms with Crippen LogP contribution in [-0.2, 0) is 13.0 Å². The van der Waals surface area contributed by atoms with Gasteiger partial charge in [0.05, 0.1) is 16.4 Å². The van der Waals surface area contributed by atoms with E-state index in [0.717, 1.165) is 49.0 Å². The Morgan fingerprint density at radius 2 is 1.97 bits per heavy atom. The SMILES string of the molecule is CCc1cnc(N2CCC(c3nc(COc4ccc(-n5cnnn5)cc4)cs3)C(C)C2)nc1. The minimum atomic E-state index is 0.450. The van der Waals surface area contributed by atoms with Crippen LogP contribution >= 0.6 is 11.3 Å². The molecule has 0 spiro atoms. The molecule has 1 fully saturated rings. The quantitative estimate of drug-likeness (QED) is 0.410.